The average Bonchev–Trinajstić information content (AvgIpc) is 3.43. The first kappa shape index (κ1) is 30.0. The first-order valence-electron chi connectivity index (χ1n) is 13.8. The zero-order valence-electron chi connectivity index (χ0n) is 23.9. The fourth-order valence-corrected chi connectivity index (χ4v) is 6.27. The highest BCUT2D eigenvalue weighted by Gasteiger charge is 2.64. The largest absolute Gasteiger partial charge is 0.497 e. The van der Waals surface area contributed by atoms with E-state index in [9.17, 15) is 19.8 Å². The lowest BCUT2D eigenvalue weighted by atomic mass is 9.55. The minimum atomic E-state index is -2.11. The van der Waals surface area contributed by atoms with Gasteiger partial charge in [-0.3, -0.25) is 14.3 Å². The van der Waals surface area contributed by atoms with Gasteiger partial charge in [0, 0.05) is 18.7 Å². The minimum Gasteiger partial charge on any atom is -0.497 e. The third-order valence-electron chi connectivity index (χ3n) is 8.31. The van der Waals surface area contributed by atoms with Crippen LogP contribution in [0, 0.1) is 0 Å². The van der Waals surface area contributed by atoms with Crippen molar-refractivity contribution >= 4 is 0 Å². The Kier molecular flexibility index (Phi) is 8.38. The zero-order valence-corrected chi connectivity index (χ0v) is 23.9. The fraction of sp³-hybridized carbons (Fsp3) is 0.273. The van der Waals surface area contributed by atoms with Gasteiger partial charge in [-0.05, 0) is 41.0 Å². The predicted octanol–water partition coefficient (Wildman–Crippen LogP) is 2.48. The van der Waals surface area contributed by atoms with E-state index in [1.54, 1.807) is 38.5 Å². The standard InChI is InChI=1S/C33H35N3O7/c1-4-27(34)33(40,30-26(37)20-29(43-30)36-19-18-28(38)35-31(36)39)32(21-8-6-5-7-9-21,22-10-14-24(41-2)15-11-22)23-12-16-25(42-3)17-13-23/h4-19,26-27,29-30,37,40H,1,20,34H2,2-3H3,(H,35,38,39)/t26-,27?,29+,30-,33?/m0/s1. The van der Waals surface area contributed by atoms with Gasteiger partial charge in [-0.2, -0.15) is 0 Å². The molecule has 5 atom stereocenters. The van der Waals surface area contributed by atoms with E-state index in [4.69, 9.17) is 19.9 Å². The van der Waals surface area contributed by atoms with E-state index < -0.39 is 46.7 Å². The van der Waals surface area contributed by atoms with Crippen molar-refractivity contribution in [3.8, 4) is 11.5 Å². The fourth-order valence-electron chi connectivity index (χ4n) is 6.27. The number of benzene rings is 3. The van der Waals surface area contributed by atoms with Crippen molar-refractivity contribution in [2.75, 3.05) is 14.2 Å². The van der Waals surface area contributed by atoms with Gasteiger partial charge in [-0.25, -0.2) is 4.79 Å². The highest BCUT2D eigenvalue weighted by Crippen LogP contribution is 2.54. The number of nitrogens with zero attached hydrogens (tertiary/aromatic N) is 1. The lowest BCUT2D eigenvalue weighted by Crippen LogP contribution is -2.70. The van der Waals surface area contributed by atoms with Crippen LogP contribution in [0.2, 0.25) is 0 Å². The summed E-state index contributed by atoms with van der Waals surface area (Å²) < 4.78 is 18.4. The van der Waals surface area contributed by atoms with Crippen molar-refractivity contribution in [1.29, 1.82) is 0 Å². The molecule has 0 spiro atoms. The molecule has 0 amide bonds. The Morgan fingerprint density at radius 2 is 1.49 bits per heavy atom. The van der Waals surface area contributed by atoms with Gasteiger partial charge >= 0.3 is 5.69 Å². The van der Waals surface area contributed by atoms with E-state index >= 15 is 0 Å². The molecule has 0 saturated carbocycles. The quantitative estimate of drug-likeness (QED) is 0.164. The van der Waals surface area contributed by atoms with Crippen LogP contribution < -0.4 is 26.5 Å². The van der Waals surface area contributed by atoms with Gasteiger partial charge in [0.1, 0.15) is 29.4 Å². The highest BCUT2D eigenvalue weighted by molar-refractivity contribution is 5.57. The Bertz CT molecular complexity index is 1620. The molecule has 0 aliphatic carbocycles. The van der Waals surface area contributed by atoms with Gasteiger partial charge in [0.05, 0.1) is 31.8 Å². The number of aromatic nitrogens is 2. The molecular formula is C33H35N3O7. The molecule has 3 aromatic carbocycles. The Morgan fingerprint density at radius 3 is 1.98 bits per heavy atom. The summed E-state index contributed by atoms with van der Waals surface area (Å²) in [6.07, 6.45) is -0.967. The number of H-pyrrole nitrogens is 1. The topological polar surface area (TPSA) is 149 Å². The Labute approximate surface area is 248 Å². The van der Waals surface area contributed by atoms with E-state index in [1.165, 1.54) is 22.9 Å². The summed E-state index contributed by atoms with van der Waals surface area (Å²) >= 11 is 0. The lowest BCUT2D eigenvalue weighted by Gasteiger charge is -2.53. The van der Waals surface area contributed by atoms with Gasteiger partial charge in [-0.1, -0.05) is 60.7 Å². The molecule has 1 aromatic heterocycles. The number of hydrogen-bond acceptors (Lipinski definition) is 8. The van der Waals surface area contributed by atoms with E-state index in [0.717, 1.165) is 0 Å². The molecule has 1 aliphatic rings. The molecule has 0 bridgehead atoms. The Morgan fingerprint density at radius 1 is 0.953 bits per heavy atom. The molecule has 0 radical (unpaired) electrons. The second-order valence-corrected chi connectivity index (χ2v) is 10.5. The van der Waals surface area contributed by atoms with Crippen molar-refractivity contribution in [2.45, 2.75) is 41.9 Å². The smallest absolute Gasteiger partial charge is 0.330 e. The van der Waals surface area contributed by atoms with Gasteiger partial charge in [0.2, 0.25) is 0 Å². The second-order valence-electron chi connectivity index (χ2n) is 10.5. The molecule has 1 aliphatic heterocycles. The van der Waals surface area contributed by atoms with Crippen LogP contribution in [0.1, 0.15) is 29.3 Å². The van der Waals surface area contributed by atoms with Gasteiger partial charge in [0.15, 0.2) is 0 Å². The molecule has 4 aromatic rings. The SMILES string of the molecule is C=CC(N)C(O)([C@H]1O[C@@H](n2ccc(=O)[nH]c2=O)C[C@@H]1O)C(c1ccccc1)(c1ccc(OC)cc1)c1ccc(OC)cc1. The third-order valence-corrected chi connectivity index (χ3v) is 8.31. The number of hydrogen-bond donors (Lipinski definition) is 4. The minimum absolute atomic E-state index is 0.0567. The monoisotopic (exact) mass is 585 g/mol. The number of aromatic amines is 1. The Balaban J connectivity index is 1.83. The normalized spacial score (nSPS) is 20.6. The molecule has 10 heteroatoms. The number of nitrogens with one attached hydrogen (secondary N) is 1. The van der Waals surface area contributed by atoms with Crippen LogP contribution >= 0.6 is 0 Å². The molecule has 5 N–H and O–H groups in total. The lowest BCUT2D eigenvalue weighted by molar-refractivity contribution is -0.166. The molecule has 1 fully saturated rings. The van der Waals surface area contributed by atoms with Crippen LogP contribution in [0.25, 0.3) is 0 Å². The van der Waals surface area contributed by atoms with Crippen molar-refractivity contribution in [3.63, 3.8) is 0 Å². The van der Waals surface area contributed by atoms with Gasteiger partial charge < -0.3 is 30.2 Å². The van der Waals surface area contributed by atoms with Crippen LogP contribution in [0.4, 0.5) is 0 Å². The number of ether oxygens (including phenoxy) is 3. The van der Waals surface area contributed by atoms with Gasteiger partial charge in [-0.15, -0.1) is 6.58 Å². The summed E-state index contributed by atoms with van der Waals surface area (Å²) in [5.41, 5.74) is 3.87. The summed E-state index contributed by atoms with van der Waals surface area (Å²) in [7, 11) is 3.13. The number of aliphatic hydroxyl groups excluding tert-OH is 1. The van der Waals surface area contributed by atoms with Crippen LogP contribution in [0.15, 0.2) is 113 Å². The first-order valence-corrected chi connectivity index (χ1v) is 13.8. The molecule has 5 rings (SSSR count). The van der Waals surface area contributed by atoms with Crippen molar-refractivity contribution < 1.29 is 24.4 Å². The summed E-state index contributed by atoms with van der Waals surface area (Å²) in [5, 5.41) is 25.0. The van der Waals surface area contributed by atoms with E-state index in [0.29, 0.717) is 28.2 Å². The van der Waals surface area contributed by atoms with E-state index in [-0.39, 0.29) is 6.42 Å². The summed E-state index contributed by atoms with van der Waals surface area (Å²) in [5.74, 6) is 1.21. The molecular weight excluding hydrogens is 550 g/mol. The average molecular weight is 586 g/mol. The summed E-state index contributed by atoms with van der Waals surface area (Å²) in [6.45, 7) is 3.92. The van der Waals surface area contributed by atoms with Crippen LogP contribution in [0.3, 0.4) is 0 Å². The maximum absolute atomic E-state index is 13.4. The number of methoxy groups -OCH3 is 2. The molecule has 10 nitrogen and oxygen atoms in total. The summed E-state index contributed by atoms with van der Waals surface area (Å²) in [6, 6.07) is 23.8. The molecule has 1 saturated heterocycles. The molecule has 2 unspecified atom stereocenters. The predicted molar refractivity (Wildman–Crippen MR) is 161 cm³/mol. The highest BCUT2D eigenvalue weighted by atomic mass is 16.5. The summed E-state index contributed by atoms with van der Waals surface area (Å²) in [4.78, 5) is 26.6. The third kappa shape index (κ3) is 4.98. The first-order chi connectivity index (χ1) is 20.7. The maximum atomic E-state index is 13.4. The second kappa shape index (κ2) is 12.0. The van der Waals surface area contributed by atoms with Crippen molar-refractivity contribution in [2.24, 2.45) is 5.73 Å². The van der Waals surface area contributed by atoms with Crippen LogP contribution in [-0.2, 0) is 10.2 Å². The van der Waals surface area contributed by atoms with Crippen molar-refractivity contribution in [1.82, 2.24) is 9.55 Å². The number of nitrogens with two attached hydrogens (primary N) is 1. The molecule has 224 valence electrons. The van der Waals surface area contributed by atoms with E-state index in [1.807, 2.05) is 54.6 Å². The van der Waals surface area contributed by atoms with Crippen LogP contribution in [-0.4, -0.2) is 57.8 Å². The molecule has 2 heterocycles. The zero-order chi connectivity index (χ0) is 30.8. The number of aliphatic hydroxyl groups is 2. The maximum Gasteiger partial charge on any atom is 0.330 e. The number of rotatable bonds is 10. The van der Waals surface area contributed by atoms with Crippen LogP contribution in [0.5, 0.6) is 11.5 Å². The van der Waals surface area contributed by atoms with Crippen molar-refractivity contribution in [3.05, 3.63) is 141 Å². The van der Waals surface area contributed by atoms with Gasteiger partial charge in [0.25, 0.3) is 5.56 Å². The molecule has 43 heavy (non-hydrogen) atoms. The van der Waals surface area contributed by atoms with E-state index in [2.05, 4.69) is 11.6 Å². The Hall–Kier alpha value is -4.48.